The summed E-state index contributed by atoms with van der Waals surface area (Å²) < 4.78 is 67.2. The highest BCUT2D eigenvalue weighted by Gasteiger charge is 2.38. The highest BCUT2D eigenvalue weighted by Crippen LogP contribution is 2.30. The second-order valence-electron chi connectivity index (χ2n) is 3.50. The molecule has 3 nitrogen and oxygen atoms in total. The van der Waals surface area contributed by atoms with E-state index < -0.39 is 35.1 Å². The molecule has 0 spiro atoms. The van der Waals surface area contributed by atoms with Crippen LogP contribution in [0, 0.1) is 18.6 Å². The molecule has 0 radical (unpaired) electrons. The van der Waals surface area contributed by atoms with Crippen molar-refractivity contribution < 1.29 is 26.5 Å². The maximum Gasteiger partial charge on any atom is 0.471 e. The third-order valence-electron chi connectivity index (χ3n) is 2.16. The number of nitrogens with zero attached hydrogens (tertiary/aromatic N) is 2. The molecular formula is C10H5F5N2O. The molecule has 0 amide bonds. The van der Waals surface area contributed by atoms with Gasteiger partial charge in [-0.2, -0.15) is 18.2 Å². The minimum absolute atomic E-state index is 0.0239. The molecule has 18 heavy (non-hydrogen) atoms. The second-order valence-corrected chi connectivity index (χ2v) is 3.50. The van der Waals surface area contributed by atoms with Gasteiger partial charge in [0.05, 0.1) is 5.56 Å². The molecule has 1 heterocycles. The minimum atomic E-state index is -4.83. The van der Waals surface area contributed by atoms with Crippen molar-refractivity contribution in [2.45, 2.75) is 13.1 Å². The van der Waals surface area contributed by atoms with Crippen LogP contribution in [0.4, 0.5) is 22.0 Å². The Balaban J connectivity index is 2.50. The Kier molecular flexibility index (Phi) is 2.80. The molecule has 0 N–H and O–H groups in total. The Hall–Kier alpha value is -1.99. The molecule has 2 rings (SSSR count). The number of hydrogen-bond acceptors (Lipinski definition) is 3. The molecule has 0 saturated carbocycles. The number of benzene rings is 1. The van der Waals surface area contributed by atoms with Gasteiger partial charge in [0, 0.05) is 0 Å². The minimum Gasteiger partial charge on any atom is -0.329 e. The summed E-state index contributed by atoms with van der Waals surface area (Å²) >= 11 is 0. The van der Waals surface area contributed by atoms with Gasteiger partial charge in [0.25, 0.3) is 0 Å². The second kappa shape index (κ2) is 4.04. The van der Waals surface area contributed by atoms with Gasteiger partial charge in [0.2, 0.25) is 5.82 Å². The Morgan fingerprint density at radius 1 is 1.11 bits per heavy atom. The van der Waals surface area contributed by atoms with Crippen molar-refractivity contribution in [3.63, 3.8) is 0 Å². The van der Waals surface area contributed by atoms with Crippen LogP contribution in [0.1, 0.15) is 11.5 Å². The molecule has 0 aliphatic heterocycles. The number of rotatable bonds is 1. The monoisotopic (exact) mass is 264 g/mol. The number of aromatic nitrogens is 2. The van der Waals surface area contributed by atoms with Crippen molar-refractivity contribution in [1.82, 2.24) is 10.1 Å². The number of aryl methyl sites for hydroxylation is 1. The molecule has 0 unspecified atom stereocenters. The average Bonchev–Trinajstić information content (AvgIpc) is 2.72. The van der Waals surface area contributed by atoms with Crippen molar-refractivity contribution in [3.8, 4) is 11.4 Å². The largest absolute Gasteiger partial charge is 0.471 e. The first-order valence-corrected chi connectivity index (χ1v) is 4.66. The molecule has 1 aromatic carbocycles. The Morgan fingerprint density at radius 3 is 2.33 bits per heavy atom. The van der Waals surface area contributed by atoms with Gasteiger partial charge in [-0.1, -0.05) is 5.16 Å². The van der Waals surface area contributed by atoms with Crippen molar-refractivity contribution in [2.24, 2.45) is 0 Å². The summed E-state index contributed by atoms with van der Waals surface area (Å²) in [6.45, 7) is 1.32. The van der Waals surface area contributed by atoms with Crippen molar-refractivity contribution >= 4 is 0 Å². The molecule has 0 aliphatic carbocycles. The van der Waals surface area contributed by atoms with E-state index >= 15 is 0 Å². The summed E-state index contributed by atoms with van der Waals surface area (Å²) in [5.41, 5.74) is -0.465. The molecule has 8 heteroatoms. The summed E-state index contributed by atoms with van der Waals surface area (Å²) in [5, 5.41) is 2.97. The lowest BCUT2D eigenvalue weighted by atomic mass is 10.1. The third kappa shape index (κ3) is 2.18. The van der Waals surface area contributed by atoms with E-state index in [0.717, 1.165) is 12.1 Å². The maximum atomic E-state index is 13.5. The maximum absolute atomic E-state index is 13.5. The first-order chi connectivity index (χ1) is 8.29. The van der Waals surface area contributed by atoms with E-state index in [9.17, 15) is 22.0 Å². The smallest absolute Gasteiger partial charge is 0.329 e. The van der Waals surface area contributed by atoms with E-state index in [4.69, 9.17) is 0 Å². The van der Waals surface area contributed by atoms with Crippen molar-refractivity contribution in [3.05, 3.63) is 35.2 Å². The Labute approximate surface area is 97.2 Å². The van der Waals surface area contributed by atoms with Gasteiger partial charge in [0.15, 0.2) is 0 Å². The highest BCUT2D eigenvalue weighted by molar-refractivity contribution is 5.56. The molecule has 0 fully saturated rings. The van der Waals surface area contributed by atoms with Crippen LogP contribution < -0.4 is 0 Å². The zero-order valence-electron chi connectivity index (χ0n) is 8.85. The fourth-order valence-corrected chi connectivity index (χ4v) is 1.27. The molecule has 0 bridgehead atoms. The lowest BCUT2D eigenvalue weighted by Gasteiger charge is -2.01. The lowest BCUT2D eigenvalue weighted by molar-refractivity contribution is -0.159. The van der Waals surface area contributed by atoms with Crippen LogP contribution in [0.3, 0.4) is 0 Å². The summed E-state index contributed by atoms with van der Waals surface area (Å²) in [5.74, 6) is -3.97. The summed E-state index contributed by atoms with van der Waals surface area (Å²) in [6, 6.07) is 1.56. The topological polar surface area (TPSA) is 38.9 Å². The van der Waals surface area contributed by atoms with Gasteiger partial charge >= 0.3 is 12.1 Å². The fourth-order valence-electron chi connectivity index (χ4n) is 1.27. The first kappa shape index (κ1) is 12.5. The van der Waals surface area contributed by atoms with Crippen molar-refractivity contribution in [1.29, 1.82) is 0 Å². The van der Waals surface area contributed by atoms with Gasteiger partial charge in [-0.25, -0.2) is 8.78 Å². The van der Waals surface area contributed by atoms with E-state index in [1.807, 2.05) is 0 Å². The van der Waals surface area contributed by atoms with Gasteiger partial charge in [0.1, 0.15) is 11.6 Å². The SMILES string of the molecule is Cc1cc(F)c(-c2noc(C(F)(F)F)n2)cc1F. The molecule has 96 valence electrons. The zero-order valence-corrected chi connectivity index (χ0v) is 8.85. The molecule has 0 atom stereocenters. The third-order valence-corrected chi connectivity index (χ3v) is 2.16. The van der Waals surface area contributed by atoms with Crippen LogP contribution in [0.5, 0.6) is 0 Å². The van der Waals surface area contributed by atoms with Gasteiger partial charge in [-0.3, -0.25) is 0 Å². The summed E-state index contributed by atoms with van der Waals surface area (Å²) in [4.78, 5) is 2.97. The van der Waals surface area contributed by atoms with Crippen LogP contribution in [0.2, 0.25) is 0 Å². The van der Waals surface area contributed by atoms with Crippen molar-refractivity contribution in [2.75, 3.05) is 0 Å². The zero-order chi connectivity index (χ0) is 13.5. The molecule has 0 saturated heterocycles. The van der Waals surface area contributed by atoms with Gasteiger partial charge < -0.3 is 4.52 Å². The van der Waals surface area contributed by atoms with Gasteiger partial charge in [-0.05, 0) is 24.6 Å². The van der Waals surface area contributed by atoms with Crippen LogP contribution in [-0.2, 0) is 6.18 Å². The van der Waals surface area contributed by atoms with Crippen LogP contribution in [0.25, 0.3) is 11.4 Å². The number of halogens is 5. The first-order valence-electron chi connectivity index (χ1n) is 4.66. The van der Waals surface area contributed by atoms with E-state index in [2.05, 4.69) is 14.7 Å². The van der Waals surface area contributed by atoms with Crippen LogP contribution >= 0.6 is 0 Å². The molecule has 0 aliphatic rings. The Bertz CT molecular complexity index is 590. The molecule has 2 aromatic rings. The summed E-state index contributed by atoms with van der Waals surface area (Å²) in [6.07, 6.45) is -4.83. The van der Waals surface area contributed by atoms with Crippen LogP contribution in [-0.4, -0.2) is 10.1 Å². The quantitative estimate of drug-likeness (QED) is 0.741. The van der Waals surface area contributed by atoms with Gasteiger partial charge in [-0.15, -0.1) is 0 Å². The normalized spacial score (nSPS) is 11.9. The van der Waals surface area contributed by atoms with E-state index in [1.54, 1.807) is 0 Å². The van der Waals surface area contributed by atoms with E-state index in [-0.39, 0.29) is 5.56 Å². The fraction of sp³-hybridized carbons (Fsp3) is 0.200. The Morgan fingerprint density at radius 2 is 1.78 bits per heavy atom. The van der Waals surface area contributed by atoms with E-state index in [1.165, 1.54) is 6.92 Å². The molecule has 1 aromatic heterocycles. The predicted molar refractivity (Wildman–Crippen MR) is 49.4 cm³/mol. The predicted octanol–water partition coefficient (Wildman–Crippen LogP) is 3.34. The molecular weight excluding hydrogens is 259 g/mol. The van der Waals surface area contributed by atoms with E-state index in [0.29, 0.717) is 0 Å². The van der Waals surface area contributed by atoms with Crippen LogP contribution in [0.15, 0.2) is 16.7 Å². The summed E-state index contributed by atoms with van der Waals surface area (Å²) in [7, 11) is 0. The highest BCUT2D eigenvalue weighted by atomic mass is 19.4. The number of alkyl halides is 3. The average molecular weight is 264 g/mol. The lowest BCUT2D eigenvalue weighted by Crippen LogP contribution is -2.05. The standard InChI is InChI=1S/C10H5F5N2O/c1-4-2-7(12)5(3-6(4)11)8-16-9(18-17-8)10(13,14)15/h2-3H,1H3. The number of hydrogen-bond donors (Lipinski definition) is 0.